The van der Waals surface area contributed by atoms with Crippen LogP contribution >= 0.6 is 0 Å². The summed E-state index contributed by atoms with van der Waals surface area (Å²) in [5.41, 5.74) is 0.338. The molecule has 1 aromatic carbocycles. The summed E-state index contributed by atoms with van der Waals surface area (Å²) in [7, 11) is 0. The number of ether oxygens (including phenoxy) is 1. The summed E-state index contributed by atoms with van der Waals surface area (Å²) in [4.78, 5) is 0. The molecule has 0 saturated carbocycles. The molecule has 1 aromatic rings. The third-order valence-electron chi connectivity index (χ3n) is 1.71. The highest BCUT2D eigenvalue weighted by Gasteiger charge is 2.31. The Morgan fingerprint density at radius 2 is 1.93 bits per heavy atom. The summed E-state index contributed by atoms with van der Waals surface area (Å²) in [5.74, 6) is -0.258. The number of halogens is 3. The average molecular weight is 220 g/mol. The molecule has 0 aliphatic rings. The van der Waals surface area contributed by atoms with Crippen LogP contribution in [0.25, 0.3) is 0 Å². The number of aliphatic hydroxyl groups is 1. The number of rotatable bonds is 3. The van der Waals surface area contributed by atoms with Crippen molar-refractivity contribution in [1.82, 2.24) is 0 Å². The molecule has 1 N–H and O–H groups in total. The van der Waals surface area contributed by atoms with Gasteiger partial charge in [0.05, 0.1) is 6.10 Å². The number of aliphatic hydroxyl groups excluding tert-OH is 1. The molecule has 0 aromatic heterocycles. The lowest BCUT2D eigenvalue weighted by atomic mass is 10.1. The van der Waals surface area contributed by atoms with Crippen LogP contribution in [-0.4, -0.2) is 17.6 Å². The van der Waals surface area contributed by atoms with Crippen LogP contribution in [0.2, 0.25) is 0 Å². The third kappa shape index (κ3) is 4.20. The first-order chi connectivity index (χ1) is 6.88. The highest BCUT2D eigenvalue weighted by Crippen LogP contribution is 2.26. The van der Waals surface area contributed by atoms with Crippen molar-refractivity contribution in [3.05, 3.63) is 29.8 Å². The molecular weight excluding hydrogens is 209 g/mol. The Morgan fingerprint density at radius 3 is 2.47 bits per heavy atom. The zero-order chi connectivity index (χ0) is 11.5. The van der Waals surface area contributed by atoms with E-state index in [4.69, 9.17) is 5.11 Å². The van der Waals surface area contributed by atoms with Gasteiger partial charge in [-0.05, 0) is 18.6 Å². The van der Waals surface area contributed by atoms with Gasteiger partial charge in [-0.2, -0.15) is 0 Å². The zero-order valence-electron chi connectivity index (χ0n) is 8.08. The number of para-hydroxylation sites is 1. The fraction of sp³-hybridized carbons (Fsp3) is 0.400. The van der Waals surface area contributed by atoms with Gasteiger partial charge in [0.1, 0.15) is 5.75 Å². The van der Waals surface area contributed by atoms with Crippen molar-refractivity contribution < 1.29 is 23.0 Å². The molecule has 0 radical (unpaired) electrons. The summed E-state index contributed by atoms with van der Waals surface area (Å²) < 4.78 is 39.7. The molecule has 15 heavy (non-hydrogen) atoms. The smallest absolute Gasteiger partial charge is 0.406 e. The highest BCUT2D eigenvalue weighted by molar-refractivity contribution is 5.33. The fourth-order valence-electron chi connectivity index (χ4n) is 1.21. The topological polar surface area (TPSA) is 29.5 Å². The largest absolute Gasteiger partial charge is 0.573 e. The molecule has 0 saturated heterocycles. The quantitative estimate of drug-likeness (QED) is 0.848. The molecule has 84 valence electrons. The molecule has 0 bridgehead atoms. The van der Waals surface area contributed by atoms with Gasteiger partial charge >= 0.3 is 6.36 Å². The summed E-state index contributed by atoms with van der Waals surface area (Å²) in [6, 6.07) is 5.77. The van der Waals surface area contributed by atoms with Crippen LogP contribution in [-0.2, 0) is 6.42 Å². The van der Waals surface area contributed by atoms with Crippen LogP contribution in [0.3, 0.4) is 0 Å². The number of hydrogen-bond donors (Lipinski definition) is 1. The van der Waals surface area contributed by atoms with Crippen molar-refractivity contribution >= 4 is 0 Å². The maximum atomic E-state index is 12.0. The summed E-state index contributed by atoms with van der Waals surface area (Å²) in [6.45, 7) is 1.50. The van der Waals surface area contributed by atoms with E-state index in [1.807, 2.05) is 0 Å². The Balaban J connectivity index is 2.86. The van der Waals surface area contributed by atoms with Gasteiger partial charge in [0, 0.05) is 6.42 Å². The molecular formula is C10H11F3O2. The predicted molar refractivity (Wildman–Crippen MR) is 48.5 cm³/mol. The second-order valence-electron chi connectivity index (χ2n) is 3.21. The lowest BCUT2D eigenvalue weighted by Crippen LogP contribution is -2.18. The molecule has 0 spiro atoms. The number of hydrogen-bond acceptors (Lipinski definition) is 2. The van der Waals surface area contributed by atoms with E-state index < -0.39 is 12.5 Å². The Bertz CT molecular complexity index is 321. The van der Waals surface area contributed by atoms with E-state index in [-0.39, 0.29) is 12.2 Å². The molecule has 0 unspecified atom stereocenters. The average Bonchev–Trinajstić information content (AvgIpc) is 2.05. The maximum absolute atomic E-state index is 12.0. The summed E-state index contributed by atoms with van der Waals surface area (Å²) in [5, 5.41) is 9.09. The summed E-state index contributed by atoms with van der Waals surface area (Å²) >= 11 is 0. The van der Waals surface area contributed by atoms with Gasteiger partial charge in [-0.15, -0.1) is 13.2 Å². The second kappa shape index (κ2) is 4.53. The monoisotopic (exact) mass is 220 g/mol. The van der Waals surface area contributed by atoms with Crippen molar-refractivity contribution in [2.24, 2.45) is 0 Å². The van der Waals surface area contributed by atoms with Gasteiger partial charge in [-0.1, -0.05) is 18.2 Å². The van der Waals surface area contributed by atoms with Crippen LogP contribution in [0.5, 0.6) is 5.75 Å². The number of alkyl halides is 3. The number of benzene rings is 1. The molecule has 0 aliphatic carbocycles. The van der Waals surface area contributed by atoms with Crippen molar-refractivity contribution in [2.45, 2.75) is 25.8 Å². The first-order valence-corrected chi connectivity index (χ1v) is 4.40. The second-order valence-corrected chi connectivity index (χ2v) is 3.21. The SMILES string of the molecule is C[C@H](O)Cc1ccccc1OC(F)(F)F. The lowest BCUT2D eigenvalue weighted by molar-refractivity contribution is -0.274. The minimum absolute atomic E-state index is 0.131. The Labute approximate surface area is 85.3 Å². The Hall–Kier alpha value is -1.23. The van der Waals surface area contributed by atoms with Crippen LogP contribution in [0.4, 0.5) is 13.2 Å². The molecule has 0 fully saturated rings. The van der Waals surface area contributed by atoms with Crippen molar-refractivity contribution in [3.8, 4) is 5.75 Å². The molecule has 1 rings (SSSR count). The fourth-order valence-corrected chi connectivity index (χ4v) is 1.21. The van der Waals surface area contributed by atoms with Crippen molar-refractivity contribution in [3.63, 3.8) is 0 Å². The standard InChI is InChI=1S/C10H11F3O2/c1-7(14)6-8-4-2-3-5-9(8)15-10(11,12)13/h2-5,7,14H,6H2,1H3/t7-/m0/s1. The van der Waals surface area contributed by atoms with Gasteiger partial charge in [-0.25, -0.2) is 0 Å². The van der Waals surface area contributed by atoms with Crippen LogP contribution < -0.4 is 4.74 Å². The Morgan fingerprint density at radius 1 is 1.33 bits per heavy atom. The lowest BCUT2D eigenvalue weighted by Gasteiger charge is -2.13. The van der Waals surface area contributed by atoms with Gasteiger partial charge < -0.3 is 9.84 Å². The van der Waals surface area contributed by atoms with E-state index in [0.717, 1.165) is 0 Å². The van der Waals surface area contributed by atoms with Gasteiger partial charge in [0.25, 0.3) is 0 Å². The van der Waals surface area contributed by atoms with Crippen LogP contribution in [0.15, 0.2) is 24.3 Å². The minimum atomic E-state index is -4.70. The summed E-state index contributed by atoms with van der Waals surface area (Å²) in [6.07, 6.45) is -5.27. The maximum Gasteiger partial charge on any atom is 0.573 e. The third-order valence-corrected chi connectivity index (χ3v) is 1.71. The predicted octanol–water partition coefficient (Wildman–Crippen LogP) is 2.51. The molecule has 0 heterocycles. The van der Waals surface area contributed by atoms with E-state index in [0.29, 0.717) is 5.56 Å². The molecule has 5 heteroatoms. The molecule has 0 amide bonds. The molecule has 1 atom stereocenters. The zero-order valence-corrected chi connectivity index (χ0v) is 8.08. The van der Waals surface area contributed by atoms with E-state index in [1.54, 1.807) is 6.07 Å². The van der Waals surface area contributed by atoms with Crippen LogP contribution in [0.1, 0.15) is 12.5 Å². The Kier molecular flexibility index (Phi) is 3.57. The van der Waals surface area contributed by atoms with Gasteiger partial charge in [0.2, 0.25) is 0 Å². The van der Waals surface area contributed by atoms with Gasteiger partial charge in [-0.3, -0.25) is 0 Å². The van der Waals surface area contributed by atoms with Crippen molar-refractivity contribution in [1.29, 1.82) is 0 Å². The minimum Gasteiger partial charge on any atom is -0.406 e. The highest BCUT2D eigenvalue weighted by atomic mass is 19.4. The molecule has 2 nitrogen and oxygen atoms in total. The van der Waals surface area contributed by atoms with Gasteiger partial charge in [0.15, 0.2) is 0 Å². The van der Waals surface area contributed by atoms with E-state index in [9.17, 15) is 13.2 Å². The van der Waals surface area contributed by atoms with E-state index in [2.05, 4.69) is 4.74 Å². The normalized spacial score (nSPS) is 13.7. The van der Waals surface area contributed by atoms with E-state index in [1.165, 1.54) is 25.1 Å². The van der Waals surface area contributed by atoms with Crippen molar-refractivity contribution in [2.75, 3.05) is 0 Å². The first-order valence-electron chi connectivity index (χ1n) is 4.40. The van der Waals surface area contributed by atoms with E-state index >= 15 is 0 Å². The van der Waals surface area contributed by atoms with Crippen LogP contribution in [0, 0.1) is 0 Å². The first kappa shape index (κ1) is 11.8. The molecule has 0 aliphatic heterocycles.